The first-order valence-corrected chi connectivity index (χ1v) is 12.3. The minimum Gasteiger partial charge on any atom is -0.611 e. The Labute approximate surface area is 182 Å². The molecule has 0 saturated carbocycles. The molecule has 1 fully saturated rings. The van der Waals surface area contributed by atoms with Gasteiger partial charge in [-0.1, -0.05) is 43.7 Å². The molecule has 3 heterocycles. The topological polar surface area (TPSA) is 84.3 Å². The number of nitrogens with zero attached hydrogens (tertiary/aromatic N) is 3. The van der Waals surface area contributed by atoms with E-state index in [1.165, 1.54) is 11.1 Å². The number of piperidine rings is 1. The van der Waals surface area contributed by atoms with Gasteiger partial charge in [-0.25, -0.2) is 4.98 Å². The van der Waals surface area contributed by atoms with E-state index in [1.54, 1.807) is 0 Å². The molecule has 2 aliphatic heterocycles. The van der Waals surface area contributed by atoms with E-state index >= 15 is 0 Å². The molecule has 1 saturated heterocycles. The number of aliphatic hydroxyl groups excluding tert-OH is 1. The molecular formula is C23H32N4O2S. The first kappa shape index (κ1) is 21.4. The van der Waals surface area contributed by atoms with Gasteiger partial charge in [-0.05, 0) is 48.3 Å². The number of benzene rings is 1. The first-order valence-electron chi connectivity index (χ1n) is 10.9. The zero-order valence-corrected chi connectivity index (χ0v) is 18.9. The molecule has 0 bridgehead atoms. The van der Waals surface area contributed by atoms with Crippen LogP contribution in [0, 0.1) is 12.8 Å². The average molecular weight is 429 g/mol. The van der Waals surface area contributed by atoms with Crippen LogP contribution in [0.3, 0.4) is 0 Å². The summed E-state index contributed by atoms with van der Waals surface area (Å²) in [4.78, 5) is 12.6. The van der Waals surface area contributed by atoms with E-state index in [4.69, 9.17) is 9.97 Å². The highest BCUT2D eigenvalue weighted by Gasteiger charge is 2.34. The molecule has 7 heteroatoms. The van der Waals surface area contributed by atoms with Crippen molar-refractivity contribution in [3.05, 3.63) is 41.1 Å². The second-order valence-electron chi connectivity index (χ2n) is 8.80. The van der Waals surface area contributed by atoms with E-state index < -0.39 is 11.2 Å². The largest absolute Gasteiger partial charge is 0.611 e. The van der Waals surface area contributed by atoms with Gasteiger partial charge in [0, 0.05) is 19.5 Å². The summed E-state index contributed by atoms with van der Waals surface area (Å²) in [7, 11) is 0. The third kappa shape index (κ3) is 4.43. The fourth-order valence-corrected chi connectivity index (χ4v) is 5.67. The third-order valence-electron chi connectivity index (χ3n) is 6.29. The van der Waals surface area contributed by atoms with Gasteiger partial charge in [-0.3, -0.25) is 0 Å². The van der Waals surface area contributed by atoms with Crippen molar-refractivity contribution in [2.75, 3.05) is 35.7 Å². The van der Waals surface area contributed by atoms with E-state index in [2.05, 4.69) is 55.3 Å². The molecule has 6 nitrogen and oxygen atoms in total. The van der Waals surface area contributed by atoms with Crippen molar-refractivity contribution in [1.82, 2.24) is 9.97 Å². The number of hydrogen-bond acceptors (Lipinski definition) is 6. The maximum absolute atomic E-state index is 12.6. The summed E-state index contributed by atoms with van der Waals surface area (Å²) in [6.45, 7) is 8.10. The second-order valence-corrected chi connectivity index (χ2v) is 10.3. The van der Waals surface area contributed by atoms with Crippen LogP contribution in [0.5, 0.6) is 0 Å². The van der Waals surface area contributed by atoms with Crippen molar-refractivity contribution in [1.29, 1.82) is 0 Å². The van der Waals surface area contributed by atoms with Gasteiger partial charge in [0.25, 0.3) is 0 Å². The molecule has 2 aromatic rings. The van der Waals surface area contributed by atoms with E-state index in [1.807, 2.05) is 0 Å². The van der Waals surface area contributed by atoms with Crippen molar-refractivity contribution in [2.45, 2.75) is 56.9 Å². The Kier molecular flexibility index (Phi) is 6.51. The normalized spacial score (nSPS) is 20.5. The van der Waals surface area contributed by atoms with Crippen LogP contribution >= 0.6 is 0 Å². The first-order chi connectivity index (χ1) is 14.5. The Morgan fingerprint density at radius 3 is 2.70 bits per heavy atom. The summed E-state index contributed by atoms with van der Waals surface area (Å²) in [5.74, 6) is 2.77. The molecule has 162 valence electrons. The summed E-state index contributed by atoms with van der Waals surface area (Å²) in [5.41, 5.74) is 3.62. The van der Waals surface area contributed by atoms with Gasteiger partial charge < -0.3 is 19.9 Å². The molecule has 2 aliphatic rings. The number of hydrogen-bond donors (Lipinski definition) is 2. The summed E-state index contributed by atoms with van der Waals surface area (Å²) in [6.07, 6.45) is 2.87. The van der Waals surface area contributed by atoms with Crippen LogP contribution in [0.15, 0.2) is 29.2 Å². The summed E-state index contributed by atoms with van der Waals surface area (Å²) < 4.78 is 12.6. The lowest BCUT2D eigenvalue weighted by molar-refractivity contribution is 0.248. The quantitative estimate of drug-likeness (QED) is 0.687. The zero-order valence-electron chi connectivity index (χ0n) is 18.1. The number of aryl methyl sites for hydroxylation is 2. The van der Waals surface area contributed by atoms with Crippen molar-refractivity contribution in [3.63, 3.8) is 0 Å². The number of anilines is 2. The van der Waals surface area contributed by atoms with Crippen molar-refractivity contribution in [3.8, 4) is 0 Å². The SMILES string of the molecule is Cc1cccc(C2CCN(c3nc4c(c(N[C@@H](CO)C(C)C)n3)[S+]([O-])CC4)CC2)c1. The van der Waals surface area contributed by atoms with E-state index in [0.29, 0.717) is 17.5 Å². The van der Waals surface area contributed by atoms with Gasteiger partial charge >= 0.3 is 0 Å². The van der Waals surface area contributed by atoms with Gasteiger partial charge in [0.05, 0.1) is 12.6 Å². The van der Waals surface area contributed by atoms with Crippen LogP contribution in [-0.2, 0) is 17.6 Å². The van der Waals surface area contributed by atoms with Gasteiger partial charge in [0.15, 0.2) is 5.82 Å². The standard InChI is InChI=1S/C23H32N4O2S/c1-15(2)20(14-28)24-22-21-19(9-12-30(21)29)25-23(26-22)27-10-7-17(8-11-27)18-6-4-5-16(3)13-18/h4-6,13,15,17,20,28H,7-12,14H2,1-3H3,(H,24,25,26)/t20-,30?/m0/s1. The van der Waals surface area contributed by atoms with Crippen molar-refractivity contribution in [2.24, 2.45) is 5.92 Å². The molecule has 2 N–H and O–H groups in total. The van der Waals surface area contributed by atoms with Crippen molar-refractivity contribution < 1.29 is 9.66 Å². The minimum absolute atomic E-state index is 0.0142. The number of rotatable bonds is 6. The maximum atomic E-state index is 12.6. The fourth-order valence-electron chi connectivity index (χ4n) is 4.36. The van der Waals surface area contributed by atoms with Crippen LogP contribution < -0.4 is 10.2 Å². The number of aromatic nitrogens is 2. The summed E-state index contributed by atoms with van der Waals surface area (Å²) in [6, 6.07) is 8.70. The molecule has 0 spiro atoms. The van der Waals surface area contributed by atoms with E-state index in [9.17, 15) is 9.66 Å². The maximum Gasteiger partial charge on any atom is 0.227 e. The predicted molar refractivity (Wildman–Crippen MR) is 122 cm³/mol. The molecule has 1 aromatic carbocycles. The molecule has 2 atom stereocenters. The molecule has 30 heavy (non-hydrogen) atoms. The zero-order chi connectivity index (χ0) is 21.3. The van der Waals surface area contributed by atoms with Gasteiger partial charge in [0.1, 0.15) is 11.4 Å². The van der Waals surface area contributed by atoms with Crippen LogP contribution in [-0.4, -0.2) is 51.1 Å². The minimum atomic E-state index is -1.07. The highest BCUT2D eigenvalue weighted by molar-refractivity contribution is 7.91. The summed E-state index contributed by atoms with van der Waals surface area (Å²) in [5, 5.41) is 13.1. The van der Waals surface area contributed by atoms with E-state index in [-0.39, 0.29) is 18.6 Å². The average Bonchev–Trinajstić information content (AvgIpc) is 3.12. The van der Waals surface area contributed by atoms with Gasteiger partial charge in [-0.2, -0.15) is 4.98 Å². The molecule has 0 amide bonds. The van der Waals surface area contributed by atoms with Crippen molar-refractivity contribution >= 4 is 22.9 Å². The van der Waals surface area contributed by atoms with Crippen LogP contribution in [0.1, 0.15) is 49.4 Å². The molecule has 0 radical (unpaired) electrons. The number of aliphatic hydroxyl groups is 1. The Morgan fingerprint density at radius 1 is 1.27 bits per heavy atom. The lowest BCUT2D eigenvalue weighted by Gasteiger charge is -2.33. The molecule has 1 aromatic heterocycles. The molecule has 4 rings (SSSR count). The Morgan fingerprint density at radius 2 is 2.03 bits per heavy atom. The van der Waals surface area contributed by atoms with Crippen LogP contribution in [0.25, 0.3) is 0 Å². The molecular weight excluding hydrogens is 396 g/mol. The Bertz CT molecular complexity index is 884. The third-order valence-corrected chi connectivity index (χ3v) is 7.75. The van der Waals surface area contributed by atoms with Crippen LogP contribution in [0.2, 0.25) is 0 Å². The fraction of sp³-hybridized carbons (Fsp3) is 0.565. The van der Waals surface area contributed by atoms with E-state index in [0.717, 1.165) is 48.9 Å². The Balaban J connectivity index is 1.54. The highest BCUT2D eigenvalue weighted by atomic mass is 32.2. The van der Waals surface area contributed by atoms with Gasteiger partial charge in [-0.15, -0.1) is 0 Å². The number of fused-ring (bicyclic) bond motifs is 1. The monoisotopic (exact) mass is 428 g/mol. The Hall–Kier alpha value is -1.83. The van der Waals surface area contributed by atoms with Gasteiger partial charge in [0.2, 0.25) is 10.8 Å². The smallest absolute Gasteiger partial charge is 0.227 e. The molecule has 1 unspecified atom stereocenters. The predicted octanol–water partition coefficient (Wildman–Crippen LogP) is 3.26. The highest BCUT2D eigenvalue weighted by Crippen LogP contribution is 2.35. The number of nitrogens with one attached hydrogen (secondary N) is 1. The lowest BCUT2D eigenvalue weighted by atomic mass is 9.89. The lowest BCUT2D eigenvalue weighted by Crippen LogP contribution is -2.35. The molecule has 0 aliphatic carbocycles. The van der Waals surface area contributed by atoms with Crippen LogP contribution in [0.4, 0.5) is 11.8 Å². The second kappa shape index (κ2) is 9.12. The summed E-state index contributed by atoms with van der Waals surface area (Å²) >= 11 is -1.07.